The minimum Gasteiger partial charge on any atom is -0.439 e. The molecule has 2 aromatic heterocycles. The Balaban J connectivity index is 1.41. The normalized spacial score (nSPS) is 10.5. The van der Waals surface area contributed by atoms with E-state index in [1.165, 1.54) is 0 Å². The van der Waals surface area contributed by atoms with Crippen LogP contribution in [0, 0.1) is 13.8 Å². The van der Waals surface area contributed by atoms with Crippen LogP contribution in [-0.2, 0) is 0 Å². The third-order valence-electron chi connectivity index (χ3n) is 4.18. The smallest absolute Gasteiger partial charge is 0.323 e. The molecule has 0 aliphatic carbocycles. The van der Waals surface area contributed by atoms with Crippen molar-refractivity contribution >= 4 is 17.4 Å². The number of ether oxygens (including phenoxy) is 1. The summed E-state index contributed by atoms with van der Waals surface area (Å²) in [6, 6.07) is 16.1. The minimum atomic E-state index is -0.314. The molecule has 4 rings (SSSR count). The maximum atomic E-state index is 12.2. The van der Waals surface area contributed by atoms with Crippen molar-refractivity contribution in [3.63, 3.8) is 0 Å². The summed E-state index contributed by atoms with van der Waals surface area (Å²) in [7, 11) is 0. The number of hydrogen-bond donors (Lipinski definition) is 2. The molecule has 0 aliphatic heterocycles. The summed E-state index contributed by atoms with van der Waals surface area (Å²) in [5.74, 6) is 2.27. The fourth-order valence-electron chi connectivity index (χ4n) is 2.85. The lowest BCUT2D eigenvalue weighted by Crippen LogP contribution is -2.19. The first kappa shape index (κ1) is 19.1. The molecule has 2 aromatic carbocycles. The number of amides is 2. The highest BCUT2D eigenvalue weighted by Gasteiger charge is 2.07. The number of hydrogen-bond acceptors (Lipinski definition) is 5. The predicted octanol–water partition coefficient (Wildman–Crippen LogP) is 4.72. The molecule has 0 aliphatic rings. The standard InChI is InChI=1S/C22H20N6O2/c1-15-4-3-5-18(12-15)27-22(29)26-17-6-8-19(9-7-17)30-21-13-20(24-16(2)25-21)28-11-10-23-14-28/h3-14H,1-2H3,(H2,26,27,29). The number of aryl methyl sites for hydroxylation is 2. The van der Waals surface area contributed by atoms with Crippen LogP contribution >= 0.6 is 0 Å². The van der Waals surface area contributed by atoms with Crippen LogP contribution in [0.1, 0.15) is 11.4 Å². The lowest BCUT2D eigenvalue weighted by Gasteiger charge is -2.10. The first-order valence-corrected chi connectivity index (χ1v) is 9.32. The van der Waals surface area contributed by atoms with E-state index in [1.54, 1.807) is 60.5 Å². The van der Waals surface area contributed by atoms with Crippen molar-refractivity contribution in [1.82, 2.24) is 19.5 Å². The molecule has 0 bridgehead atoms. The molecule has 8 nitrogen and oxygen atoms in total. The highest BCUT2D eigenvalue weighted by Crippen LogP contribution is 2.23. The summed E-state index contributed by atoms with van der Waals surface area (Å²) in [6.45, 7) is 3.77. The number of anilines is 2. The van der Waals surface area contributed by atoms with E-state index in [1.807, 2.05) is 31.2 Å². The summed E-state index contributed by atoms with van der Waals surface area (Å²) in [6.07, 6.45) is 5.14. The van der Waals surface area contributed by atoms with Crippen LogP contribution in [-0.4, -0.2) is 25.6 Å². The van der Waals surface area contributed by atoms with Crippen molar-refractivity contribution in [2.75, 3.05) is 10.6 Å². The number of carbonyl (C=O) groups is 1. The average molecular weight is 400 g/mol. The molecule has 30 heavy (non-hydrogen) atoms. The molecule has 0 fully saturated rings. The van der Waals surface area contributed by atoms with Gasteiger partial charge in [0.15, 0.2) is 0 Å². The van der Waals surface area contributed by atoms with Gasteiger partial charge in [-0.2, -0.15) is 4.98 Å². The Hall–Kier alpha value is -4.20. The van der Waals surface area contributed by atoms with Gasteiger partial charge >= 0.3 is 6.03 Å². The maximum Gasteiger partial charge on any atom is 0.323 e. The van der Waals surface area contributed by atoms with Crippen LogP contribution in [0.4, 0.5) is 16.2 Å². The van der Waals surface area contributed by atoms with Crippen LogP contribution in [0.5, 0.6) is 11.6 Å². The van der Waals surface area contributed by atoms with Crippen molar-refractivity contribution < 1.29 is 9.53 Å². The topological polar surface area (TPSA) is 94.0 Å². The number of benzene rings is 2. The van der Waals surface area contributed by atoms with Gasteiger partial charge in [0.2, 0.25) is 5.88 Å². The lowest BCUT2D eigenvalue weighted by atomic mass is 10.2. The molecule has 2 N–H and O–H groups in total. The fourth-order valence-corrected chi connectivity index (χ4v) is 2.85. The number of urea groups is 1. The lowest BCUT2D eigenvalue weighted by molar-refractivity contribution is 0.262. The zero-order valence-electron chi connectivity index (χ0n) is 16.5. The van der Waals surface area contributed by atoms with Gasteiger partial charge in [0.05, 0.1) is 0 Å². The average Bonchev–Trinajstić information content (AvgIpc) is 3.24. The molecule has 0 spiro atoms. The van der Waals surface area contributed by atoms with E-state index in [0.29, 0.717) is 29.0 Å². The molecule has 0 unspecified atom stereocenters. The third kappa shape index (κ3) is 4.79. The van der Waals surface area contributed by atoms with Gasteiger partial charge in [0.25, 0.3) is 0 Å². The summed E-state index contributed by atoms with van der Waals surface area (Å²) in [5, 5.41) is 5.60. The molecule has 2 amide bonds. The number of nitrogens with zero attached hydrogens (tertiary/aromatic N) is 4. The number of aromatic nitrogens is 4. The SMILES string of the molecule is Cc1cccc(NC(=O)Nc2ccc(Oc3cc(-n4ccnc4)nc(C)n3)cc2)c1. The summed E-state index contributed by atoms with van der Waals surface area (Å²) >= 11 is 0. The molecule has 0 saturated carbocycles. The van der Waals surface area contributed by atoms with Crippen LogP contribution in [0.2, 0.25) is 0 Å². The zero-order valence-corrected chi connectivity index (χ0v) is 16.5. The Kier molecular flexibility index (Phi) is 5.38. The van der Waals surface area contributed by atoms with Gasteiger partial charge < -0.3 is 15.4 Å². The molecule has 0 saturated heterocycles. The van der Waals surface area contributed by atoms with Crippen LogP contribution < -0.4 is 15.4 Å². The van der Waals surface area contributed by atoms with Crippen LogP contribution in [0.3, 0.4) is 0 Å². The monoisotopic (exact) mass is 400 g/mol. The molecule has 150 valence electrons. The number of nitrogens with one attached hydrogen (secondary N) is 2. The second-order valence-electron chi connectivity index (χ2n) is 6.66. The predicted molar refractivity (Wildman–Crippen MR) is 114 cm³/mol. The van der Waals surface area contributed by atoms with Crippen LogP contribution in [0.25, 0.3) is 5.82 Å². The Bertz CT molecular complexity index is 1160. The Morgan fingerprint density at radius 1 is 0.967 bits per heavy atom. The number of imidazole rings is 1. The molecule has 0 atom stereocenters. The summed E-state index contributed by atoms with van der Waals surface area (Å²) < 4.78 is 7.63. The van der Waals surface area contributed by atoms with E-state index in [4.69, 9.17) is 4.74 Å². The third-order valence-corrected chi connectivity index (χ3v) is 4.18. The van der Waals surface area contributed by atoms with E-state index in [0.717, 1.165) is 11.3 Å². The summed E-state index contributed by atoms with van der Waals surface area (Å²) in [4.78, 5) is 24.9. The maximum absolute atomic E-state index is 12.2. The fraction of sp³-hybridized carbons (Fsp3) is 0.0909. The minimum absolute atomic E-state index is 0.314. The van der Waals surface area contributed by atoms with E-state index >= 15 is 0 Å². The van der Waals surface area contributed by atoms with E-state index in [2.05, 4.69) is 25.6 Å². The van der Waals surface area contributed by atoms with Crippen molar-refractivity contribution in [1.29, 1.82) is 0 Å². The Morgan fingerprint density at radius 3 is 2.50 bits per heavy atom. The van der Waals surface area contributed by atoms with Gasteiger partial charge in [0, 0.05) is 29.8 Å². The zero-order chi connectivity index (χ0) is 20.9. The Labute approximate surface area is 173 Å². The van der Waals surface area contributed by atoms with Gasteiger partial charge in [-0.3, -0.25) is 4.57 Å². The van der Waals surface area contributed by atoms with Crippen LogP contribution in [0.15, 0.2) is 73.3 Å². The molecular weight excluding hydrogens is 380 g/mol. The van der Waals surface area contributed by atoms with Gasteiger partial charge in [-0.1, -0.05) is 12.1 Å². The van der Waals surface area contributed by atoms with Gasteiger partial charge in [-0.15, -0.1) is 0 Å². The molecule has 2 heterocycles. The van der Waals surface area contributed by atoms with E-state index < -0.39 is 0 Å². The van der Waals surface area contributed by atoms with Gasteiger partial charge in [0.1, 0.15) is 23.7 Å². The second kappa shape index (κ2) is 8.44. The first-order chi connectivity index (χ1) is 14.5. The van der Waals surface area contributed by atoms with Gasteiger partial charge in [-0.05, 0) is 55.8 Å². The second-order valence-corrected chi connectivity index (χ2v) is 6.66. The largest absolute Gasteiger partial charge is 0.439 e. The van der Waals surface area contributed by atoms with E-state index in [9.17, 15) is 4.79 Å². The highest BCUT2D eigenvalue weighted by atomic mass is 16.5. The quantitative estimate of drug-likeness (QED) is 0.506. The highest BCUT2D eigenvalue weighted by molar-refractivity contribution is 5.99. The Morgan fingerprint density at radius 2 is 1.77 bits per heavy atom. The van der Waals surface area contributed by atoms with E-state index in [-0.39, 0.29) is 6.03 Å². The van der Waals surface area contributed by atoms with Crippen molar-refractivity contribution in [2.24, 2.45) is 0 Å². The van der Waals surface area contributed by atoms with Crippen molar-refractivity contribution in [3.05, 3.63) is 84.7 Å². The van der Waals surface area contributed by atoms with Crippen molar-refractivity contribution in [3.8, 4) is 17.4 Å². The van der Waals surface area contributed by atoms with Gasteiger partial charge in [-0.25, -0.2) is 14.8 Å². The van der Waals surface area contributed by atoms with Crippen molar-refractivity contribution in [2.45, 2.75) is 13.8 Å². The number of carbonyl (C=O) groups excluding carboxylic acids is 1. The molecule has 8 heteroatoms. The molecule has 4 aromatic rings. The summed E-state index contributed by atoms with van der Waals surface area (Å²) in [5.41, 5.74) is 2.45. The molecular formula is C22H20N6O2. The first-order valence-electron chi connectivity index (χ1n) is 9.32. The number of rotatable bonds is 5. The molecule has 0 radical (unpaired) electrons.